The average Bonchev–Trinajstić information content (AvgIpc) is 2.82. The average molecular weight is 515 g/mol. The Morgan fingerprint density at radius 2 is 1.71 bits per heavy atom. The molecule has 0 aromatic heterocycles. The molecule has 1 fully saturated rings. The lowest BCUT2D eigenvalue weighted by Crippen LogP contribution is -2.35. The van der Waals surface area contributed by atoms with Crippen molar-refractivity contribution >= 4 is 34.6 Å². The number of carbonyl (C=O) groups excluding carboxylic acids is 1. The van der Waals surface area contributed by atoms with E-state index in [9.17, 15) is 28.1 Å². The van der Waals surface area contributed by atoms with Crippen molar-refractivity contribution in [1.29, 1.82) is 0 Å². The van der Waals surface area contributed by atoms with Gasteiger partial charge in [0.25, 0.3) is 5.69 Å². The zero-order valence-corrected chi connectivity index (χ0v) is 19.5. The molecular formula is C23H26ClF3N4O4. The normalized spacial score (nSPS) is 18.1. The fourth-order valence-electron chi connectivity index (χ4n) is 3.84. The molecule has 190 valence electrons. The van der Waals surface area contributed by atoms with E-state index in [1.807, 2.05) is 12.1 Å². The summed E-state index contributed by atoms with van der Waals surface area (Å²) < 4.78 is 45.2. The minimum atomic E-state index is -4.82. The van der Waals surface area contributed by atoms with E-state index >= 15 is 0 Å². The van der Waals surface area contributed by atoms with Gasteiger partial charge in [0.15, 0.2) is 0 Å². The summed E-state index contributed by atoms with van der Waals surface area (Å²) in [5, 5.41) is 20.5. The van der Waals surface area contributed by atoms with Gasteiger partial charge in [0.2, 0.25) is 5.91 Å². The number of nitro groups is 1. The number of hydrogen-bond donors (Lipinski definition) is 3. The van der Waals surface area contributed by atoms with E-state index in [1.54, 1.807) is 12.1 Å². The van der Waals surface area contributed by atoms with Gasteiger partial charge < -0.3 is 20.7 Å². The number of amides is 1. The lowest BCUT2D eigenvalue weighted by molar-refractivity contribution is -0.388. The molecule has 2 aromatic carbocycles. The second kappa shape index (κ2) is 12.1. The lowest BCUT2D eigenvalue weighted by Gasteiger charge is -2.29. The Morgan fingerprint density at radius 1 is 1.06 bits per heavy atom. The van der Waals surface area contributed by atoms with Crippen LogP contribution < -0.4 is 16.0 Å². The third kappa shape index (κ3) is 8.29. The van der Waals surface area contributed by atoms with Crippen LogP contribution in [-0.2, 0) is 15.7 Å². The molecule has 1 aliphatic carbocycles. The molecule has 35 heavy (non-hydrogen) atoms. The van der Waals surface area contributed by atoms with E-state index in [1.165, 1.54) is 6.07 Å². The molecule has 12 heteroatoms. The number of alkyl halides is 3. The van der Waals surface area contributed by atoms with Gasteiger partial charge in [-0.2, -0.15) is 13.2 Å². The number of ether oxygens (including phenoxy) is 1. The van der Waals surface area contributed by atoms with Gasteiger partial charge in [-0.15, -0.1) is 0 Å². The van der Waals surface area contributed by atoms with Crippen molar-refractivity contribution in [2.75, 3.05) is 30.3 Å². The largest absolute Gasteiger partial charge is 0.423 e. The van der Waals surface area contributed by atoms with Crippen LogP contribution in [0.1, 0.15) is 31.2 Å². The monoisotopic (exact) mass is 514 g/mol. The van der Waals surface area contributed by atoms with E-state index in [2.05, 4.69) is 16.0 Å². The van der Waals surface area contributed by atoms with E-state index in [0.717, 1.165) is 17.8 Å². The molecule has 1 saturated carbocycles. The second-order valence-corrected chi connectivity index (χ2v) is 8.64. The van der Waals surface area contributed by atoms with Crippen LogP contribution in [0.25, 0.3) is 0 Å². The number of carbonyl (C=O) groups is 1. The first-order valence-corrected chi connectivity index (χ1v) is 11.5. The Kier molecular flexibility index (Phi) is 9.16. The highest BCUT2D eigenvalue weighted by atomic mass is 35.5. The minimum absolute atomic E-state index is 0.0685. The summed E-state index contributed by atoms with van der Waals surface area (Å²) in [6, 6.07) is 10.0. The van der Waals surface area contributed by atoms with Crippen LogP contribution in [0.15, 0.2) is 42.5 Å². The van der Waals surface area contributed by atoms with Crippen molar-refractivity contribution in [2.24, 2.45) is 0 Å². The van der Waals surface area contributed by atoms with Crippen LogP contribution in [0.5, 0.6) is 0 Å². The maximum atomic E-state index is 13.2. The molecule has 1 amide bonds. The first kappa shape index (κ1) is 26.6. The maximum Gasteiger partial charge on any atom is 0.423 e. The number of hydrogen-bond acceptors (Lipinski definition) is 6. The summed E-state index contributed by atoms with van der Waals surface area (Å²) >= 11 is 5.83. The minimum Gasteiger partial charge on any atom is -0.383 e. The van der Waals surface area contributed by atoms with Crippen LogP contribution in [0.4, 0.5) is 30.2 Å². The molecular weight excluding hydrogens is 489 g/mol. The van der Waals surface area contributed by atoms with Gasteiger partial charge in [0.05, 0.1) is 11.0 Å². The summed E-state index contributed by atoms with van der Waals surface area (Å²) in [5.74, 6) is -0.228. The van der Waals surface area contributed by atoms with Crippen molar-refractivity contribution in [2.45, 2.75) is 44.0 Å². The molecule has 3 rings (SSSR count). The number of benzene rings is 2. The molecule has 3 N–H and O–H groups in total. The zero-order valence-electron chi connectivity index (χ0n) is 18.7. The van der Waals surface area contributed by atoms with Crippen LogP contribution in [-0.4, -0.2) is 42.7 Å². The third-order valence-corrected chi connectivity index (χ3v) is 5.87. The molecule has 0 atom stereocenters. The van der Waals surface area contributed by atoms with E-state index in [4.69, 9.17) is 16.3 Å². The SMILES string of the molecule is O=C(COC1CCC(Nc2ccc([N+](=O)[O-])c(C(F)(F)F)c2)CC1)NCCNc1ccc(Cl)cc1. The molecule has 0 radical (unpaired) electrons. The van der Waals surface area contributed by atoms with Gasteiger partial charge in [-0.3, -0.25) is 14.9 Å². The Balaban J connectivity index is 1.36. The molecule has 1 aliphatic rings. The zero-order chi connectivity index (χ0) is 25.4. The Morgan fingerprint density at radius 3 is 2.34 bits per heavy atom. The fraction of sp³-hybridized carbons (Fsp3) is 0.435. The Hall–Kier alpha value is -3.05. The number of anilines is 2. The number of rotatable bonds is 10. The van der Waals surface area contributed by atoms with Crippen molar-refractivity contribution in [1.82, 2.24) is 5.32 Å². The molecule has 0 bridgehead atoms. The smallest absolute Gasteiger partial charge is 0.383 e. The van der Waals surface area contributed by atoms with Crippen LogP contribution in [0, 0.1) is 10.1 Å². The van der Waals surface area contributed by atoms with E-state index in [0.29, 0.717) is 43.8 Å². The summed E-state index contributed by atoms with van der Waals surface area (Å²) in [4.78, 5) is 21.9. The first-order chi connectivity index (χ1) is 16.6. The summed E-state index contributed by atoms with van der Waals surface area (Å²) in [6.45, 7) is 0.903. The quantitative estimate of drug-likeness (QED) is 0.228. The predicted molar refractivity (Wildman–Crippen MR) is 127 cm³/mol. The van der Waals surface area contributed by atoms with Crippen molar-refractivity contribution < 1.29 is 27.6 Å². The molecule has 0 unspecified atom stereocenters. The lowest BCUT2D eigenvalue weighted by atomic mass is 9.92. The van der Waals surface area contributed by atoms with Crippen molar-refractivity contribution in [3.05, 3.63) is 63.2 Å². The van der Waals surface area contributed by atoms with E-state index in [-0.39, 0.29) is 30.3 Å². The number of nitrogens with one attached hydrogen (secondary N) is 3. The third-order valence-electron chi connectivity index (χ3n) is 5.61. The number of nitrogens with zero attached hydrogens (tertiary/aromatic N) is 1. The van der Waals surface area contributed by atoms with Gasteiger partial charge in [0.1, 0.15) is 12.2 Å². The fourth-order valence-corrected chi connectivity index (χ4v) is 3.97. The highest BCUT2D eigenvalue weighted by Gasteiger charge is 2.38. The Labute approximate surface area is 205 Å². The standard InChI is InChI=1S/C23H26ClF3N4O4/c24-15-1-3-16(4-2-15)28-11-12-29-22(32)14-35-19-8-5-17(6-9-19)30-18-7-10-21(31(33)34)20(13-18)23(25,26)27/h1-4,7,10,13,17,19,28,30H,5-6,8-9,11-12,14H2,(H,29,32). The summed E-state index contributed by atoms with van der Waals surface area (Å²) in [7, 11) is 0. The van der Waals surface area contributed by atoms with Crippen LogP contribution in [0.2, 0.25) is 5.02 Å². The molecule has 0 heterocycles. The van der Waals surface area contributed by atoms with Crippen molar-refractivity contribution in [3.8, 4) is 0 Å². The highest BCUT2D eigenvalue weighted by Crippen LogP contribution is 2.38. The topological polar surface area (TPSA) is 106 Å². The molecule has 0 saturated heterocycles. The summed E-state index contributed by atoms with van der Waals surface area (Å²) in [6.07, 6.45) is -2.39. The van der Waals surface area contributed by atoms with Gasteiger partial charge in [-0.25, -0.2) is 0 Å². The number of nitro benzene ring substituents is 1. The van der Waals surface area contributed by atoms with Gasteiger partial charge in [-0.05, 0) is 62.1 Å². The molecule has 2 aromatic rings. The second-order valence-electron chi connectivity index (χ2n) is 8.20. The molecule has 0 aliphatic heterocycles. The predicted octanol–water partition coefficient (Wildman–Crippen LogP) is 5.24. The van der Waals surface area contributed by atoms with Gasteiger partial charge >= 0.3 is 6.18 Å². The van der Waals surface area contributed by atoms with Crippen LogP contribution >= 0.6 is 11.6 Å². The number of halogens is 4. The van der Waals surface area contributed by atoms with Gasteiger partial charge in [-0.1, -0.05) is 11.6 Å². The summed E-state index contributed by atoms with van der Waals surface area (Å²) in [5.41, 5.74) is -1.18. The van der Waals surface area contributed by atoms with Gasteiger partial charge in [0, 0.05) is 41.6 Å². The van der Waals surface area contributed by atoms with E-state index < -0.39 is 22.4 Å². The molecule has 0 spiro atoms. The maximum absolute atomic E-state index is 13.2. The van der Waals surface area contributed by atoms with Crippen molar-refractivity contribution in [3.63, 3.8) is 0 Å². The Bertz CT molecular complexity index is 1010. The highest BCUT2D eigenvalue weighted by molar-refractivity contribution is 6.30. The van der Waals surface area contributed by atoms with Crippen LogP contribution in [0.3, 0.4) is 0 Å². The molecule has 8 nitrogen and oxygen atoms in total. The first-order valence-electron chi connectivity index (χ1n) is 11.1.